The number of aromatic nitrogens is 1. The number of hydrogen-bond donors (Lipinski definition) is 1. The van der Waals surface area contributed by atoms with Crippen LogP contribution in [0.3, 0.4) is 0 Å². The molecule has 98 valence electrons. The average molecular weight is 261 g/mol. The zero-order valence-electron chi connectivity index (χ0n) is 10.3. The third-order valence-corrected chi connectivity index (χ3v) is 2.51. The Hall–Kier alpha value is -2.43. The minimum absolute atomic E-state index is 0.0346. The summed E-state index contributed by atoms with van der Waals surface area (Å²) in [6, 6.07) is 7.17. The number of esters is 1. The summed E-state index contributed by atoms with van der Waals surface area (Å²) in [4.78, 5) is 15.4. The van der Waals surface area contributed by atoms with Gasteiger partial charge < -0.3 is 9.84 Å². The maximum Gasteiger partial charge on any atom is 0.341 e. The largest absolute Gasteiger partial charge is 0.506 e. The minimum Gasteiger partial charge on any atom is -0.506 e. The number of nitrogens with zero attached hydrogens (tertiary/aromatic N) is 1. The molecule has 5 heteroatoms. The van der Waals surface area contributed by atoms with Crippen LogP contribution in [-0.4, -0.2) is 22.7 Å². The van der Waals surface area contributed by atoms with Crippen molar-refractivity contribution in [2.24, 2.45) is 0 Å². The Balaban J connectivity index is 2.33. The summed E-state index contributed by atoms with van der Waals surface area (Å²) in [6.45, 7) is 1.85. The lowest BCUT2D eigenvalue weighted by Crippen LogP contribution is -2.07. The molecule has 0 radical (unpaired) electrons. The molecule has 1 aromatic carbocycles. The number of ether oxygens (including phenoxy) is 1. The highest BCUT2D eigenvalue weighted by atomic mass is 19.1. The van der Waals surface area contributed by atoms with Crippen LogP contribution in [0.1, 0.15) is 17.3 Å². The molecule has 19 heavy (non-hydrogen) atoms. The van der Waals surface area contributed by atoms with Gasteiger partial charge in [0.15, 0.2) is 0 Å². The van der Waals surface area contributed by atoms with Gasteiger partial charge in [-0.3, -0.25) is 4.98 Å². The lowest BCUT2D eigenvalue weighted by atomic mass is 10.1. The first-order valence-corrected chi connectivity index (χ1v) is 5.74. The molecule has 0 atom stereocenters. The minimum atomic E-state index is -0.690. The first kappa shape index (κ1) is 13.0. The van der Waals surface area contributed by atoms with Gasteiger partial charge in [0.2, 0.25) is 0 Å². The normalized spacial score (nSPS) is 10.2. The molecule has 0 aliphatic heterocycles. The molecule has 2 aromatic rings. The van der Waals surface area contributed by atoms with Gasteiger partial charge in [0.25, 0.3) is 0 Å². The van der Waals surface area contributed by atoms with Crippen molar-refractivity contribution in [1.82, 2.24) is 4.98 Å². The highest BCUT2D eigenvalue weighted by Gasteiger charge is 2.13. The topological polar surface area (TPSA) is 59.4 Å². The lowest BCUT2D eigenvalue weighted by Gasteiger charge is -2.05. The summed E-state index contributed by atoms with van der Waals surface area (Å²) >= 11 is 0. The van der Waals surface area contributed by atoms with E-state index in [9.17, 15) is 9.18 Å². The third kappa shape index (κ3) is 2.88. The number of hydrogen-bond acceptors (Lipinski definition) is 4. The van der Waals surface area contributed by atoms with Crippen LogP contribution in [0.4, 0.5) is 4.39 Å². The number of rotatable bonds is 3. The zero-order chi connectivity index (χ0) is 13.8. The Bertz CT molecular complexity index is 596. The van der Waals surface area contributed by atoms with E-state index in [0.29, 0.717) is 11.3 Å². The summed E-state index contributed by atoms with van der Waals surface area (Å²) in [5.74, 6) is -1.32. The van der Waals surface area contributed by atoms with Crippen molar-refractivity contribution in [2.75, 3.05) is 6.61 Å². The van der Waals surface area contributed by atoms with Crippen molar-refractivity contribution < 1.29 is 19.0 Å². The van der Waals surface area contributed by atoms with E-state index in [1.807, 2.05) is 0 Å². The summed E-state index contributed by atoms with van der Waals surface area (Å²) in [5.41, 5.74) is 0.919. The average Bonchev–Trinajstić information content (AvgIpc) is 2.39. The van der Waals surface area contributed by atoms with Crippen LogP contribution in [0.5, 0.6) is 5.75 Å². The van der Waals surface area contributed by atoms with Crippen molar-refractivity contribution in [2.45, 2.75) is 6.92 Å². The molecule has 0 saturated heterocycles. The fourth-order valence-corrected chi connectivity index (χ4v) is 1.61. The molecule has 0 fully saturated rings. The van der Waals surface area contributed by atoms with Crippen molar-refractivity contribution in [3.05, 3.63) is 47.9 Å². The van der Waals surface area contributed by atoms with Gasteiger partial charge >= 0.3 is 5.97 Å². The fourth-order valence-electron chi connectivity index (χ4n) is 1.61. The molecule has 1 heterocycles. The van der Waals surface area contributed by atoms with Crippen LogP contribution >= 0.6 is 0 Å². The van der Waals surface area contributed by atoms with Crippen LogP contribution in [0.25, 0.3) is 11.3 Å². The Labute approximate surface area is 109 Å². The smallest absolute Gasteiger partial charge is 0.341 e. The van der Waals surface area contributed by atoms with Crippen molar-refractivity contribution in [3.8, 4) is 17.0 Å². The highest BCUT2D eigenvalue weighted by molar-refractivity contribution is 5.90. The van der Waals surface area contributed by atoms with Gasteiger partial charge in [-0.1, -0.05) is 6.07 Å². The molecule has 2 rings (SSSR count). The van der Waals surface area contributed by atoms with E-state index >= 15 is 0 Å². The fraction of sp³-hybridized carbons (Fsp3) is 0.143. The second kappa shape index (κ2) is 5.48. The van der Waals surface area contributed by atoms with Crippen LogP contribution in [0.15, 0.2) is 36.5 Å². The van der Waals surface area contributed by atoms with E-state index in [4.69, 9.17) is 9.84 Å². The Morgan fingerprint density at radius 3 is 2.74 bits per heavy atom. The van der Waals surface area contributed by atoms with Gasteiger partial charge in [0.1, 0.15) is 11.6 Å². The maximum atomic E-state index is 13.8. The monoisotopic (exact) mass is 261 g/mol. The van der Waals surface area contributed by atoms with E-state index in [-0.39, 0.29) is 17.9 Å². The van der Waals surface area contributed by atoms with Crippen molar-refractivity contribution in [3.63, 3.8) is 0 Å². The van der Waals surface area contributed by atoms with Crippen LogP contribution in [0.2, 0.25) is 0 Å². The lowest BCUT2D eigenvalue weighted by molar-refractivity contribution is 0.0521. The molecule has 0 aliphatic rings. The maximum absolute atomic E-state index is 13.8. The molecule has 0 amide bonds. The summed E-state index contributed by atoms with van der Waals surface area (Å²) < 4.78 is 18.6. The van der Waals surface area contributed by atoms with Gasteiger partial charge in [-0.15, -0.1) is 0 Å². The number of pyridine rings is 1. The predicted molar refractivity (Wildman–Crippen MR) is 67.3 cm³/mol. The quantitative estimate of drug-likeness (QED) is 0.863. The molecule has 0 saturated carbocycles. The molecule has 0 aliphatic carbocycles. The van der Waals surface area contributed by atoms with Crippen molar-refractivity contribution >= 4 is 5.97 Å². The number of halogens is 1. The number of benzene rings is 1. The van der Waals surface area contributed by atoms with Gasteiger partial charge in [0, 0.05) is 5.56 Å². The van der Waals surface area contributed by atoms with Crippen LogP contribution in [-0.2, 0) is 4.74 Å². The standard InChI is InChI=1S/C14H12FNO3/c1-2-19-14(18)11-5-3-9(7-12(11)15)13-6-4-10(17)8-16-13/h3-8,17H,2H2,1H3. The first-order valence-electron chi connectivity index (χ1n) is 5.74. The molecule has 0 bridgehead atoms. The molecule has 1 aromatic heterocycles. The van der Waals surface area contributed by atoms with E-state index in [1.54, 1.807) is 19.1 Å². The van der Waals surface area contributed by atoms with Crippen LogP contribution in [0, 0.1) is 5.82 Å². The van der Waals surface area contributed by atoms with E-state index in [1.165, 1.54) is 24.4 Å². The predicted octanol–water partition coefficient (Wildman–Crippen LogP) is 2.77. The SMILES string of the molecule is CCOC(=O)c1ccc(-c2ccc(O)cn2)cc1F. The summed E-state index contributed by atoms with van der Waals surface area (Å²) in [5, 5.41) is 9.14. The highest BCUT2D eigenvalue weighted by Crippen LogP contribution is 2.22. The summed E-state index contributed by atoms with van der Waals surface area (Å²) in [6.07, 6.45) is 1.27. The van der Waals surface area contributed by atoms with Gasteiger partial charge in [-0.05, 0) is 31.2 Å². The number of carbonyl (C=O) groups is 1. The van der Waals surface area contributed by atoms with E-state index in [2.05, 4.69) is 4.98 Å². The number of carbonyl (C=O) groups excluding carboxylic acids is 1. The molecular weight excluding hydrogens is 249 g/mol. The number of aromatic hydroxyl groups is 1. The molecule has 0 spiro atoms. The second-order valence-electron chi connectivity index (χ2n) is 3.82. The van der Waals surface area contributed by atoms with Crippen LogP contribution < -0.4 is 0 Å². The molecule has 4 nitrogen and oxygen atoms in total. The second-order valence-corrected chi connectivity index (χ2v) is 3.82. The Morgan fingerprint density at radius 2 is 2.16 bits per heavy atom. The molecule has 0 unspecified atom stereocenters. The van der Waals surface area contributed by atoms with E-state index in [0.717, 1.165) is 0 Å². The molecule has 1 N–H and O–H groups in total. The van der Waals surface area contributed by atoms with Gasteiger partial charge in [-0.2, -0.15) is 0 Å². The third-order valence-electron chi connectivity index (χ3n) is 2.51. The molecular formula is C14H12FNO3. The Morgan fingerprint density at radius 1 is 1.37 bits per heavy atom. The first-order chi connectivity index (χ1) is 9.11. The zero-order valence-corrected chi connectivity index (χ0v) is 10.3. The van der Waals surface area contributed by atoms with Gasteiger partial charge in [0.05, 0.1) is 24.1 Å². The van der Waals surface area contributed by atoms with Gasteiger partial charge in [-0.25, -0.2) is 9.18 Å². The van der Waals surface area contributed by atoms with E-state index < -0.39 is 11.8 Å². The van der Waals surface area contributed by atoms with Crippen molar-refractivity contribution in [1.29, 1.82) is 0 Å². The summed E-state index contributed by atoms with van der Waals surface area (Å²) in [7, 11) is 0. The Kier molecular flexibility index (Phi) is 3.75.